The number of hydrogen-bond donors (Lipinski definition) is 2. The van der Waals surface area contributed by atoms with E-state index < -0.39 is 11.6 Å². The average Bonchev–Trinajstić information content (AvgIpc) is 2.38. The summed E-state index contributed by atoms with van der Waals surface area (Å²) < 4.78 is 5.54. The summed E-state index contributed by atoms with van der Waals surface area (Å²) in [7, 11) is 0. The zero-order valence-corrected chi connectivity index (χ0v) is 15.4. The Balaban J connectivity index is 2.61. The summed E-state index contributed by atoms with van der Waals surface area (Å²) in [5.74, 6) is -0.110. The molecule has 134 valence electrons. The third-order valence-electron chi connectivity index (χ3n) is 4.01. The second kappa shape index (κ2) is 7.99. The molecule has 1 atom stereocenters. The lowest BCUT2D eigenvalue weighted by molar-refractivity contribution is -0.123. The molecule has 3 N–H and O–H groups in total. The summed E-state index contributed by atoms with van der Waals surface area (Å²) in [4.78, 5) is 26.0. The van der Waals surface area contributed by atoms with Crippen LogP contribution in [-0.2, 0) is 9.53 Å². The predicted octanol–water partition coefficient (Wildman–Crippen LogP) is 2.41. The van der Waals surface area contributed by atoms with Gasteiger partial charge in [0, 0.05) is 18.1 Å². The molecule has 1 aliphatic rings. The van der Waals surface area contributed by atoms with Crippen molar-refractivity contribution >= 4 is 12.0 Å². The van der Waals surface area contributed by atoms with Gasteiger partial charge in [0.15, 0.2) is 0 Å². The average molecular weight is 327 g/mol. The Bertz CT molecular complexity index is 408. The van der Waals surface area contributed by atoms with E-state index in [4.69, 9.17) is 10.5 Å². The molecule has 0 unspecified atom stereocenters. The van der Waals surface area contributed by atoms with Crippen molar-refractivity contribution in [2.45, 2.75) is 97.0 Å². The molecule has 0 aromatic rings. The molecule has 0 aromatic carbocycles. The minimum atomic E-state index is -0.493. The number of carbonyl (C=O) groups excluding carboxylic acids is 2. The van der Waals surface area contributed by atoms with E-state index in [0.717, 1.165) is 25.7 Å². The summed E-state index contributed by atoms with van der Waals surface area (Å²) in [6.07, 6.45) is 3.18. The standard InChI is InChI=1S/C17H33N3O3/c1-11(2)20(16(22)23-17(4,5)6)14-9-7-13(8-10-14)19-15(21)12(3)18/h11-14H,7-10,18H2,1-6H3,(H,19,21)/t12-,13?,14?/m0/s1. The van der Waals surface area contributed by atoms with Crippen LogP contribution in [0.25, 0.3) is 0 Å². The Hall–Kier alpha value is -1.30. The Morgan fingerprint density at radius 2 is 1.65 bits per heavy atom. The van der Waals surface area contributed by atoms with E-state index in [9.17, 15) is 9.59 Å². The van der Waals surface area contributed by atoms with Crippen molar-refractivity contribution in [2.24, 2.45) is 5.73 Å². The van der Waals surface area contributed by atoms with Crippen LogP contribution in [-0.4, -0.2) is 46.7 Å². The molecule has 0 heterocycles. The first kappa shape index (κ1) is 19.7. The highest BCUT2D eigenvalue weighted by molar-refractivity contribution is 5.81. The number of nitrogens with one attached hydrogen (secondary N) is 1. The highest BCUT2D eigenvalue weighted by Crippen LogP contribution is 2.26. The van der Waals surface area contributed by atoms with Crippen LogP contribution in [0.15, 0.2) is 0 Å². The van der Waals surface area contributed by atoms with Crippen molar-refractivity contribution in [3.63, 3.8) is 0 Å². The number of amides is 2. The fourth-order valence-electron chi connectivity index (χ4n) is 2.93. The maximum Gasteiger partial charge on any atom is 0.410 e. The van der Waals surface area contributed by atoms with Gasteiger partial charge in [-0.25, -0.2) is 4.79 Å². The number of nitrogens with zero attached hydrogens (tertiary/aromatic N) is 1. The number of rotatable bonds is 4. The maximum atomic E-state index is 12.5. The van der Waals surface area contributed by atoms with Crippen LogP contribution < -0.4 is 11.1 Å². The summed E-state index contributed by atoms with van der Waals surface area (Å²) in [6.45, 7) is 11.3. The molecule has 0 bridgehead atoms. The van der Waals surface area contributed by atoms with Crippen molar-refractivity contribution in [3.05, 3.63) is 0 Å². The minimum Gasteiger partial charge on any atom is -0.444 e. The number of carbonyl (C=O) groups is 2. The van der Waals surface area contributed by atoms with Crippen molar-refractivity contribution in [3.8, 4) is 0 Å². The van der Waals surface area contributed by atoms with E-state index in [1.165, 1.54) is 0 Å². The zero-order valence-electron chi connectivity index (χ0n) is 15.4. The van der Waals surface area contributed by atoms with Gasteiger partial charge in [0.05, 0.1) is 6.04 Å². The summed E-state index contributed by atoms with van der Waals surface area (Å²) in [6, 6.07) is -0.0857. The minimum absolute atomic E-state index is 0.0880. The maximum absolute atomic E-state index is 12.5. The molecule has 2 amide bonds. The first-order valence-corrected chi connectivity index (χ1v) is 8.58. The van der Waals surface area contributed by atoms with E-state index in [2.05, 4.69) is 5.32 Å². The first-order valence-electron chi connectivity index (χ1n) is 8.58. The molecule has 6 heteroatoms. The van der Waals surface area contributed by atoms with Crippen LogP contribution in [0, 0.1) is 0 Å². The zero-order chi connectivity index (χ0) is 17.8. The van der Waals surface area contributed by atoms with E-state index >= 15 is 0 Å². The lowest BCUT2D eigenvalue weighted by Gasteiger charge is -2.40. The summed E-state index contributed by atoms with van der Waals surface area (Å²) in [5, 5.41) is 2.98. The second-order valence-corrected chi connectivity index (χ2v) is 7.78. The Kier molecular flexibility index (Phi) is 6.86. The normalized spacial score (nSPS) is 23.3. The molecule has 0 aromatic heterocycles. The Labute approximate surface area is 140 Å². The fourth-order valence-corrected chi connectivity index (χ4v) is 2.93. The molecule has 0 saturated heterocycles. The molecule has 1 saturated carbocycles. The predicted molar refractivity (Wildman–Crippen MR) is 91.0 cm³/mol. The fraction of sp³-hybridized carbons (Fsp3) is 0.882. The van der Waals surface area contributed by atoms with Gasteiger partial charge < -0.3 is 20.7 Å². The number of hydrogen-bond acceptors (Lipinski definition) is 4. The third kappa shape index (κ3) is 6.37. The molecular formula is C17H33N3O3. The SMILES string of the molecule is CC(C)N(C(=O)OC(C)(C)C)C1CCC(NC(=O)[C@H](C)N)CC1. The molecule has 0 radical (unpaired) electrons. The molecule has 1 rings (SSSR count). The quantitative estimate of drug-likeness (QED) is 0.830. The first-order chi connectivity index (χ1) is 10.5. The molecule has 0 aliphatic heterocycles. The van der Waals surface area contributed by atoms with E-state index in [1.807, 2.05) is 39.5 Å². The van der Waals surface area contributed by atoms with Crippen LogP contribution in [0.3, 0.4) is 0 Å². The van der Waals surface area contributed by atoms with E-state index in [-0.39, 0.29) is 30.1 Å². The number of nitrogens with two attached hydrogens (primary N) is 1. The van der Waals surface area contributed by atoms with Crippen molar-refractivity contribution in [1.82, 2.24) is 10.2 Å². The molecule has 6 nitrogen and oxygen atoms in total. The summed E-state index contributed by atoms with van der Waals surface area (Å²) >= 11 is 0. The van der Waals surface area contributed by atoms with Crippen LogP contribution >= 0.6 is 0 Å². The van der Waals surface area contributed by atoms with Crippen LogP contribution in [0.4, 0.5) is 4.79 Å². The molecule has 1 aliphatic carbocycles. The molecule has 1 fully saturated rings. The van der Waals surface area contributed by atoms with Crippen molar-refractivity contribution < 1.29 is 14.3 Å². The largest absolute Gasteiger partial charge is 0.444 e. The molecular weight excluding hydrogens is 294 g/mol. The highest BCUT2D eigenvalue weighted by atomic mass is 16.6. The van der Waals surface area contributed by atoms with Gasteiger partial charge in [0.2, 0.25) is 5.91 Å². The topological polar surface area (TPSA) is 84.7 Å². The second-order valence-electron chi connectivity index (χ2n) is 7.78. The lowest BCUT2D eigenvalue weighted by Crippen LogP contribution is -2.51. The third-order valence-corrected chi connectivity index (χ3v) is 4.01. The highest BCUT2D eigenvalue weighted by Gasteiger charge is 2.33. The van der Waals surface area contributed by atoms with Gasteiger partial charge >= 0.3 is 6.09 Å². The lowest BCUT2D eigenvalue weighted by atomic mass is 9.89. The smallest absolute Gasteiger partial charge is 0.410 e. The van der Waals surface area contributed by atoms with Crippen LogP contribution in [0.5, 0.6) is 0 Å². The van der Waals surface area contributed by atoms with Gasteiger partial charge in [-0.05, 0) is 67.2 Å². The monoisotopic (exact) mass is 327 g/mol. The van der Waals surface area contributed by atoms with Gasteiger partial charge in [-0.2, -0.15) is 0 Å². The van der Waals surface area contributed by atoms with Gasteiger partial charge in [-0.3, -0.25) is 4.79 Å². The van der Waals surface area contributed by atoms with Gasteiger partial charge in [0.25, 0.3) is 0 Å². The Morgan fingerprint density at radius 3 is 2.04 bits per heavy atom. The summed E-state index contributed by atoms with van der Waals surface area (Å²) in [5.41, 5.74) is 5.09. The van der Waals surface area contributed by atoms with Gasteiger partial charge in [0.1, 0.15) is 5.60 Å². The Morgan fingerprint density at radius 1 is 1.13 bits per heavy atom. The van der Waals surface area contributed by atoms with E-state index in [1.54, 1.807) is 6.92 Å². The molecule has 23 heavy (non-hydrogen) atoms. The van der Waals surface area contributed by atoms with Crippen molar-refractivity contribution in [2.75, 3.05) is 0 Å². The van der Waals surface area contributed by atoms with Gasteiger partial charge in [-0.1, -0.05) is 0 Å². The van der Waals surface area contributed by atoms with Crippen LogP contribution in [0.1, 0.15) is 67.2 Å². The van der Waals surface area contributed by atoms with E-state index in [0.29, 0.717) is 0 Å². The van der Waals surface area contributed by atoms with Crippen molar-refractivity contribution in [1.29, 1.82) is 0 Å². The molecule has 0 spiro atoms. The van der Waals surface area contributed by atoms with Crippen LogP contribution in [0.2, 0.25) is 0 Å². The van der Waals surface area contributed by atoms with Gasteiger partial charge in [-0.15, -0.1) is 0 Å². The number of ether oxygens (including phenoxy) is 1.